The van der Waals surface area contributed by atoms with Crippen molar-refractivity contribution in [2.24, 2.45) is 47.3 Å². The third kappa shape index (κ3) is 14.1. The van der Waals surface area contributed by atoms with Gasteiger partial charge in [-0.05, 0) is 174 Å². The van der Waals surface area contributed by atoms with E-state index in [0.29, 0.717) is 11.8 Å². The van der Waals surface area contributed by atoms with Crippen molar-refractivity contribution in [2.75, 3.05) is 0 Å². The molecule has 0 unspecified atom stereocenters. The molecule has 0 saturated heterocycles. The van der Waals surface area contributed by atoms with E-state index in [-0.39, 0.29) is 11.6 Å². The molecule has 0 radical (unpaired) electrons. The van der Waals surface area contributed by atoms with E-state index in [0.717, 1.165) is 96.3 Å². The zero-order valence-corrected chi connectivity index (χ0v) is 35.5. The molecule has 0 spiro atoms. The molecule has 2 heteroatoms. The van der Waals surface area contributed by atoms with Crippen LogP contribution in [-0.2, 0) is 12.8 Å². The van der Waals surface area contributed by atoms with Crippen molar-refractivity contribution in [2.45, 2.75) is 188 Å². The maximum absolute atomic E-state index is 14.2. The Hall–Kier alpha value is -2.58. The minimum Gasteiger partial charge on any atom is -0.207 e. The average molecular weight is 751 g/mol. The third-order valence-electron chi connectivity index (χ3n) is 14.5. The Kier molecular flexibility index (Phi) is 18.7. The molecule has 4 saturated carbocycles. The van der Waals surface area contributed by atoms with Gasteiger partial charge in [0.25, 0.3) is 0 Å². The Balaban J connectivity index is 0.000000211. The maximum Gasteiger partial charge on any atom is 0.127 e. The standard InChI is InChI=1S/C27H39F.C26H37F/c1-3-5-7-26-19-14-23(20-27(26)28)9-8-22-12-17-25(18-13-22)24-15-10-21(6-4-2)11-16-24;1-3-5-6-25-18-13-22(19-26(25)27)8-7-21-11-16-24(17-12-21)23-14-9-20(4-2)10-15-23/h14,19-22,24-25H,3-7,10-13,15-18H2,1-2H3;13,18-21,23-24H,3-6,9-12,14-17H2,1-2H3/t21-,22?,24-,25?;20-,21?,23-,24?. The minimum absolute atomic E-state index is 0.0809. The summed E-state index contributed by atoms with van der Waals surface area (Å²) >= 11 is 0. The quantitative estimate of drug-likeness (QED) is 0.201. The Morgan fingerprint density at radius 3 is 1.20 bits per heavy atom. The number of hydrogen-bond donors (Lipinski definition) is 0. The van der Waals surface area contributed by atoms with Crippen molar-refractivity contribution in [3.63, 3.8) is 0 Å². The molecule has 2 aromatic rings. The van der Waals surface area contributed by atoms with Gasteiger partial charge in [-0.15, -0.1) is 0 Å². The molecular formula is C53H76F2. The predicted octanol–water partition coefficient (Wildman–Crippen LogP) is 15.5. The van der Waals surface area contributed by atoms with E-state index in [9.17, 15) is 8.78 Å². The van der Waals surface area contributed by atoms with Crippen LogP contribution in [0.3, 0.4) is 0 Å². The molecule has 0 aromatic heterocycles. The van der Waals surface area contributed by atoms with E-state index in [1.807, 2.05) is 24.3 Å². The predicted molar refractivity (Wildman–Crippen MR) is 231 cm³/mol. The van der Waals surface area contributed by atoms with Crippen LogP contribution < -0.4 is 0 Å². The van der Waals surface area contributed by atoms with Gasteiger partial charge in [-0.2, -0.15) is 0 Å². The summed E-state index contributed by atoms with van der Waals surface area (Å²) in [6.07, 6.45) is 32.2. The van der Waals surface area contributed by atoms with Crippen LogP contribution in [0.15, 0.2) is 36.4 Å². The Labute approximate surface area is 337 Å². The fourth-order valence-electron chi connectivity index (χ4n) is 10.7. The number of halogens is 2. The van der Waals surface area contributed by atoms with E-state index in [1.165, 1.54) is 122 Å². The monoisotopic (exact) mass is 751 g/mol. The van der Waals surface area contributed by atoms with Gasteiger partial charge in [-0.1, -0.05) is 121 Å². The number of benzene rings is 2. The van der Waals surface area contributed by atoms with E-state index >= 15 is 0 Å². The van der Waals surface area contributed by atoms with E-state index < -0.39 is 0 Å². The molecule has 0 amide bonds. The molecular weight excluding hydrogens is 675 g/mol. The summed E-state index contributed by atoms with van der Waals surface area (Å²) in [5.74, 6) is 20.1. The molecule has 0 atom stereocenters. The molecule has 4 fully saturated rings. The van der Waals surface area contributed by atoms with Crippen LogP contribution in [0.2, 0.25) is 0 Å². The molecule has 0 N–H and O–H groups in total. The summed E-state index contributed by atoms with van der Waals surface area (Å²) in [4.78, 5) is 0. The topological polar surface area (TPSA) is 0 Å². The fourth-order valence-corrected chi connectivity index (χ4v) is 10.7. The van der Waals surface area contributed by atoms with Gasteiger partial charge >= 0.3 is 0 Å². The fraction of sp³-hybridized carbons (Fsp3) is 0.698. The summed E-state index contributed by atoms with van der Waals surface area (Å²) in [5.41, 5.74) is 3.35. The summed E-state index contributed by atoms with van der Waals surface area (Å²) in [6, 6.07) is 11.1. The lowest BCUT2D eigenvalue weighted by molar-refractivity contribution is 0.154. The van der Waals surface area contributed by atoms with Crippen LogP contribution in [0.25, 0.3) is 0 Å². The van der Waals surface area contributed by atoms with Crippen LogP contribution in [-0.4, -0.2) is 0 Å². The lowest BCUT2D eigenvalue weighted by Gasteiger charge is -2.37. The zero-order chi connectivity index (χ0) is 38.8. The lowest BCUT2D eigenvalue weighted by Crippen LogP contribution is -2.25. The third-order valence-corrected chi connectivity index (χ3v) is 14.5. The summed E-state index contributed by atoms with van der Waals surface area (Å²) in [6.45, 7) is 8.95. The second-order valence-corrected chi connectivity index (χ2v) is 18.3. The van der Waals surface area contributed by atoms with E-state index in [4.69, 9.17) is 0 Å². The smallest absolute Gasteiger partial charge is 0.127 e. The van der Waals surface area contributed by atoms with Crippen LogP contribution in [0.4, 0.5) is 8.78 Å². The summed E-state index contributed by atoms with van der Waals surface area (Å²) in [7, 11) is 0. The van der Waals surface area contributed by atoms with Crippen molar-refractivity contribution >= 4 is 0 Å². The van der Waals surface area contributed by atoms with Gasteiger partial charge in [0.05, 0.1) is 0 Å². The zero-order valence-electron chi connectivity index (χ0n) is 35.5. The van der Waals surface area contributed by atoms with E-state index in [1.54, 1.807) is 12.1 Å². The first kappa shape index (κ1) is 43.5. The molecule has 0 nitrogen and oxygen atoms in total. The van der Waals surface area contributed by atoms with Gasteiger partial charge in [0.1, 0.15) is 11.6 Å². The van der Waals surface area contributed by atoms with Gasteiger partial charge in [-0.25, -0.2) is 8.78 Å². The molecule has 6 rings (SSSR count). The number of unbranched alkanes of at least 4 members (excludes halogenated alkanes) is 2. The van der Waals surface area contributed by atoms with Crippen molar-refractivity contribution in [1.29, 1.82) is 0 Å². The average Bonchev–Trinajstić information content (AvgIpc) is 3.22. The molecule has 4 aliphatic rings. The Morgan fingerprint density at radius 1 is 0.473 bits per heavy atom. The van der Waals surface area contributed by atoms with Crippen LogP contribution >= 0.6 is 0 Å². The van der Waals surface area contributed by atoms with Crippen molar-refractivity contribution < 1.29 is 8.78 Å². The normalized spacial score (nSPS) is 28.1. The lowest BCUT2D eigenvalue weighted by atomic mass is 9.69. The molecule has 0 bridgehead atoms. The van der Waals surface area contributed by atoms with Gasteiger partial charge < -0.3 is 0 Å². The second kappa shape index (κ2) is 23.6. The van der Waals surface area contributed by atoms with Gasteiger partial charge in [0.2, 0.25) is 0 Å². The van der Waals surface area contributed by atoms with Crippen LogP contribution in [0.1, 0.15) is 198 Å². The SMILES string of the molecule is CCCCc1ccc(C#CC2CCC([C@H]3CC[C@H](CC)CC3)CC2)cc1F.CCCCc1ccc(C#CC2CCC([C@H]3CC[C@H](CCC)CC3)CC2)cc1F. The number of rotatable bonds is 11. The first-order valence-corrected chi connectivity index (χ1v) is 23.5. The first-order valence-electron chi connectivity index (χ1n) is 23.5. The van der Waals surface area contributed by atoms with Crippen molar-refractivity contribution in [3.05, 3.63) is 70.3 Å². The second-order valence-electron chi connectivity index (χ2n) is 18.3. The molecule has 302 valence electrons. The van der Waals surface area contributed by atoms with Gasteiger partial charge in [0, 0.05) is 23.0 Å². The molecule has 4 aliphatic carbocycles. The molecule has 0 heterocycles. The summed E-state index contributed by atoms with van der Waals surface area (Å²) in [5, 5.41) is 0. The number of hydrogen-bond acceptors (Lipinski definition) is 0. The highest BCUT2D eigenvalue weighted by Gasteiger charge is 2.31. The van der Waals surface area contributed by atoms with Gasteiger partial charge in [-0.3, -0.25) is 0 Å². The minimum atomic E-state index is -0.0818. The van der Waals surface area contributed by atoms with E-state index in [2.05, 4.69) is 51.4 Å². The highest BCUT2D eigenvalue weighted by Crippen LogP contribution is 2.43. The molecule has 2 aromatic carbocycles. The maximum atomic E-state index is 14.2. The van der Waals surface area contributed by atoms with Gasteiger partial charge in [0.15, 0.2) is 0 Å². The van der Waals surface area contributed by atoms with Crippen LogP contribution in [0.5, 0.6) is 0 Å². The number of aryl methyl sites for hydroxylation is 2. The first-order chi connectivity index (χ1) is 26.9. The Morgan fingerprint density at radius 2 is 0.855 bits per heavy atom. The van der Waals surface area contributed by atoms with Crippen molar-refractivity contribution in [1.82, 2.24) is 0 Å². The molecule has 0 aliphatic heterocycles. The molecule has 55 heavy (non-hydrogen) atoms. The van der Waals surface area contributed by atoms with Crippen LogP contribution in [0, 0.1) is 82.7 Å². The summed E-state index contributed by atoms with van der Waals surface area (Å²) < 4.78 is 28.4. The highest BCUT2D eigenvalue weighted by molar-refractivity contribution is 5.38. The Bertz CT molecular complexity index is 1520. The van der Waals surface area contributed by atoms with Crippen molar-refractivity contribution in [3.8, 4) is 23.7 Å². The highest BCUT2D eigenvalue weighted by atomic mass is 19.1. The largest absolute Gasteiger partial charge is 0.207 e.